The summed E-state index contributed by atoms with van der Waals surface area (Å²) in [5.74, 6) is 0.0423. The van der Waals surface area contributed by atoms with E-state index in [0.717, 1.165) is 50.1 Å². The summed E-state index contributed by atoms with van der Waals surface area (Å²) < 4.78 is 4.41. The number of hydrogen-bond acceptors (Lipinski definition) is 2. The van der Waals surface area contributed by atoms with Gasteiger partial charge in [-0.1, -0.05) is 0 Å². The van der Waals surface area contributed by atoms with Gasteiger partial charge in [0.2, 0.25) is 6.33 Å². The number of halogens is 2. The minimum absolute atomic E-state index is 0. The van der Waals surface area contributed by atoms with Crippen molar-refractivity contribution < 1.29 is 21.8 Å². The Morgan fingerprint density at radius 1 is 1.33 bits per heavy atom. The van der Waals surface area contributed by atoms with Crippen molar-refractivity contribution in [2.24, 2.45) is 0 Å². The molecule has 7 heteroatoms. The maximum Gasteiger partial charge on any atom is 0.251 e. The van der Waals surface area contributed by atoms with Gasteiger partial charge in [0.05, 0.1) is 13.1 Å². The topological polar surface area (TPSA) is 49.9 Å². The molecule has 5 nitrogen and oxygen atoms in total. The Balaban J connectivity index is 0.00000144. The highest BCUT2D eigenvalue weighted by Gasteiger charge is 2.19. The molecule has 3 rings (SSSR count). The molecule has 0 radical (unpaired) electrons. The van der Waals surface area contributed by atoms with Crippen molar-refractivity contribution in [2.45, 2.75) is 45.8 Å². The summed E-state index contributed by atoms with van der Waals surface area (Å²) in [6, 6.07) is 6.30. The molecule has 1 fully saturated rings. The molecule has 0 bridgehead atoms. The van der Waals surface area contributed by atoms with Crippen molar-refractivity contribution >= 4 is 29.3 Å². The zero-order valence-corrected chi connectivity index (χ0v) is 15.8. The molecule has 2 N–H and O–H groups in total. The number of nitrogens with zero attached hydrogens (tertiary/aromatic N) is 2. The van der Waals surface area contributed by atoms with Crippen molar-refractivity contribution in [3.8, 4) is 0 Å². The van der Waals surface area contributed by atoms with Crippen LogP contribution < -0.4 is 27.6 Å². The quantitative estimate of drug-likeness (QED) is 0.667. The van der Waals surface area contributed by atoms with Crippen LogP contribution in [0.5, 0.6) is 0 Å². The molecule has 0 unspecified atom stereocenters. The van der Waals surface area contributed by atoms with Crippen LogP contribution in [0.3, 0.4) is 0 Å². The molecule has 1 amide bonds. The minimum Gasteiger partial charge on any atom is -1.00 e. The predicted molar refractivity (Wildman–Crippen MR) is 94.1 cm³/mol. The van der Waals surface area contributed by atoms with Gasteiger partial charge in [-0.05, 0) is 51.9 Å². The van der Waals surface area contributed by atoms with Crippen LogP contribution in [0, 0.1) is 0 Å². The van der Waals surface area contributed by atoms with Gasteiger partial charge >= 0.3 is 0 Å². The second-order valence-electron chi connectivity index (χ2n) is 5.89. The monoisotopic (exact) mass is 372 g/mol. The summed E-state index contributed by atoms with van der Waals surface area (Å²) in [7, 11) is 0. The molecule has 1 aromatic carbocycles. The van der Waals surface area contributed by atoms with Gasteiger partial charge in [0.1, 0.15) is 0 Å². The number of nitrogens with one attached hydrogen (secondary N) is 2. The highest BCUT2D eigenvalue weighted by molar-refractivity contribution is 5.97. The van der Waals surface area contributed by atoms with Gasteiger partial charge in [-0.25, -0.2) is 9.13 Å². The first-order valence-electron chi connectivity index (χ1n) is 8.26. The third-order valence-electron chi connectivity index (χ3n) is 4.49. The number of hydrogen-bond donors (Lipinski definition) is 2. The van der Waals surface area contributed by atoms with E-state index in [1.165, 1.54) is 5.52 Å². The average molecular weight is 373 g/mol. The van der Waals surface area contributed by atoms with E-state index in [2.05, 4.69) is 46.0 Å². The lowest BCUT2D eigenvalue weighted by molar-refractivity contribution is -0.668. The fourth-order valence-electron chi connectivity index (χ4n) is 3.17. The Bertz CT molecular complexity index is 681. The van der Waals surface area contributed by atoms with Crippen LogP contribution in [0.4, 0.5) is 0 Å². The Labute approximate surface area is 155 Å². The minimum atomic E-state index is 0. The maximum atomic E-state index is 12.5. The number of carbonyl (C=O) groups is 1. The molecule has 1 saturated heterocycles. The molecular weight excluding hydrogens is 347 g/mol. The summed E-state index contributed by atoms with van der Waals surface area (Å²) >= 11 is 0. The molecular formula is C17H26Cl2N4O. The summed E-state index contributed by atoms with van der Waals surface area (Å²) in [6.07, 6.45) is 4.14. The van der Waals surface area contributed by atoms with Crippen LogP contribution in [-0.2, 0) is 13.1 Å². The van der Waals surface area contributed by atoms with E-state index >= 15 is 0 Å². The zero-order chi connectivity index (χ0) is 15.5. The molecule has 0 aliphatic carbocycles. The fourth-order valence-corrected chi connectivity index (χ4v) is 3.17. The molecule has 2 heterocycles. The van der Waals surface area contributed by atoms with E-state index in [-0.39, 0.29) is 30.7 Å². The number of aromatic nitrogens is 2. The van der Waals surface area contributed by atoms with Gasteiger partial charge in [-0.15, -0.1) is 12.4 Å². The summed E-state index contributed by atoms with van der Waals surface area (Å²) in [6.45, 7) is 8.07. The maximum absolute atomic E-state index is 12.5. The van der Waals surface area contributed by atoms with Crippen LogP contribution in [0.15, 0.2) is 24.5 Å². The molecule has 1 aromatic heterocycles. The first kappa shape index (κ1) is 20.7. The molecule has 0 atom stereocenters. The van der Waals surface area contributed by atoms with E-state index in [4.69, 9.17) is 0 Å². The van der Waals surface area contributed by atoms with E-state index in [9.17, 15) is 4.79 Å². The third kappa shape index (κ3) is 4.21. The number of fused-ring (bicyclic) bond motifs is 1. The van der Waals surface area contributed by atoms with Gasteiger partial charge in [0.25, 0.3) is 5.91 Å². The Hall–Kier alpha value is -1.30. The second kappa shape index (κ2) is 9.25. The highest BCUT2D eigenvalue weighted by Crippen LogP contribution is 2.15. The molecule has 1 aliphatic rings. The Morgan fingerprint density at radius 3 is 2.67 bits per heavy atom. The number of carbonyl (C=O) groups excluding carboxylic acids is 1. The molecule has 24 heavy (non-hydrogen) atoms. The average Bonchev–Trinajstić information content (AvgIpc) is 2.93. The molecule has 0 spiro atoms. The number of aryl methyl sites for hydroxylation is 2. The number of amides is 1. The van der Waals surface area contributed by atoms with Crippen LogP contribution >= 0.6 is 12.4 Å². The van der Waals surface area contributed by atoms with Crippen molar-refractivity contribution in [3.05, 3.63) is 30.1 Å². The lowest BCUT2D eigenvalue weighted by Gasteiger charge is -2.23. The van der Waals surface area contributed by atoms with E-state index in [1.54, 1.807) is 0 Å². The lowest BCUT2D eigenvalue weighted by atomic mass is 10.1. The largest absolute Gasteiger partial charge is 1.00 e. The number of rotatable bonds is 4. The van der Waals surface area contributed by atoms with Gasteiger partial charge < -0.3 is 23.0 Å². The van der Waals surface area contributed by atoms with Crippen molar-refractivity contribution in [2.75, 3.05) is 13.1 Å². The first-order valence-corrected chi connectivity index (χ1v) is 8.26. The number of piperidine rings is 1. The van der Waals surface area contributed by atoms with E-state index < -0.39 is 0 Å². The second-order valence-corrected chi connectivity index (χ2v) is 5.89. The van der Waals surface area contributed by atoms with E-state index in [1.807, 2.05) is 12.1 Å². The summed E-state index contributed by atoms with van der Waals surface area (Å²) in [4.78, 5) is 12.5. The Morgan fingerprint density at radius 2 is 2.04 bits per heavy atom. The standard InChI is InChI=1S/C17H24N4O.2ClH/c1-3-20-12-21(4-2)16-11-13(5-6-15(16)20)17(22)19-14-7-9-18-10-8-14;;/h5-6,11-12,14,18H,3-4,7-10H2,1-2H3;2*1H. The molecule has 134 valence electrons. The normalized spacial score (nSPS) is 14.8. The van der Waals surface area contributed by atoms with Gasteiger partial charge in [0, 0.05) is 17.7 Å². The SMILES string of the molecule is CCn1c[n+](CC)c2ccc(C(=O)NC3CCNCC3)cc21.Cl.[Cl-]. The van der Waals surface area contributed by atoms with E-state index in [0.29, 0.717) is 6.04 Å². The van der Waals surface area contributed by atoms with Crippen LogP contribution in [0.25, 0.3) is 11.0 Å². The van der Waals surface area contributed by atoms with Gasteiger partial charge in [-0.2, -0.15) is 0 Å². The van der Waals surface area contributed by atoms with Crippen molar-refractivity contribution in [3.63, 3.8) is 0 Å². The fraction of sp³-hybridized carbons (Fsp3) is 0.529. The summed E-state index contributed by atoms with van der Waals surface area (Å²) in [5, 5.41) is 6.48. The Kier molecular flexibility index (Phi) is 8.00. The first-order chi connectivity index (χ1) is 10.7. The number of benzene rings is 1. The van der Waals surface area contributed by atoms with Crippen LogP contribution in [0.2, 0.25) is 0 Å². The van der Waals surface area contributed by atoms with Gasteiger partial charge in [0.15, 0.2) is 11.0 Å². The van der Waals surface area contributed by atoms with Gasteiger partial charge in [-0.3, -0.25) is 4.79 Å². The molecule has 1 aliphatic heterocycles. The zero-order valence-electron chi connectivity index (χ0n) is 14.2. The predicted octanol–water partition coefficient (Wildman–Crippen LogP) is -1.12. The van der Waals surface area contributed by atoms with Crippen LogP contribution in [-0.4, -0.2) is 29.6 Å². The van der Waals surface area contributed by atoms with Crippen LogP contribution in [0.1, 0.15) is 37.0 Å². The number of imidazole rings is 1. The molecule has 0 saturated carbocycles. The smallest absolute Gasteiger partial charge is 0.251 e. The molecule has 2 aromatic rings. The van der Waals surface area contributed by atoms with Crippen molar-refractivity contribution in [1.82, 2.24) is 15.2 Å². The summed E-state index contributed by atoms with van der Waals surface area (Å²) in [5.41, 5.74) is 3.06. The van der Waals surface area contributed by atoms with Crippen molar-refractivity contribution in [1.29, 1.82) is 0 Å². The third-order valence-corrected chi connectivity index (χ3v) is 4.49. The lowest BCUT2D eigenvalue weighted by Crippen LogP contribution is -3.00. The highest BCUT2D eigenvalue weighted by atomic mass is 35.5.